The van der Waals surface area contributed by atoms with Crippen LogP contribution in [0.1, 0.15) is 61.8 Å². The largest absolute Gasteiger partial charge is 0.388 e. The van der Waals surface area contributed by atoms with E-state index in [4.69, 9.17) is 0 Å². The maximum Gasteiger partial charge on any atom is 0.0820 e. The summed E-state index contributed by atoms with van der Waals surface area (Å²) in [6, 6.07) is 6.41. The average Bonchev–Trinajstić information content (AvgIpc) is 2.41. The maximum absolute atomic E-state index is 10.7. The minimum absolute atomic E-state index is 0.269. The number of aryl methyl sites for hydroxylation is 2. The van der Waals surface area contributed by atoms with E-state index in [-0.39, 0.29) is 6.10 Å². The van der Waals surface area contributed by atoms with E-state index in [1.54, 1.807) is 0 Å². The van der Waals surface area contributed by atoms with Crippen LogP contribution < -0.4 is 0 Å². The third-order valence-electron chi connectivity index (χ3n) is 4.77. The second-order valence-electron chi connectivity index (χ2n) is 5.91. The predicted molar refractivity (Wildman–Crippen MR) is 76.6 cm³/mol. The summed E-state index contributed by atoms with van der Waals surface area (Å²) in [5.41, 5.74) is 3.71. The third kappa shape index (κ3) is 2.77. The molecule has 1 saturated carbocycles. The van der Waals surface area contributed by atoms with Crippen molar-refractivity contribution >= 4 is 0 Å². The molecule has 1 fully saturated rings. The molecule has 0 amide bonds. The molecule has 2 rings (SSSR count). The van der Waals surface area contributed by atoms with Crippen molar-refractivity contribution in [1.82, 2.24) is 0 Å². The first kappa shape index (κ1) is 13.6. The molecule has 0 spiro atoms. The summed E-state index contributed by atoms with van der Waals surface area (Å²) < 4.78 is 0. The molecule has 1 nitrogen and oxygen atoms in total. The van der Waals surface area contributed by atoms with Crippen LogP contribution in [0.2, 0.25) is 0 Å². The highest BCUT2D eigenvalue weighted by molar-refractivity contribution is 5.31. The van der Waals surface area contributed by atoms with Crippen LogP contribution in [0.15, 0.2) is 18.2 Å². The zero-order valence-corrected chi connectivity index (χ0v) is 11.9. The summed E-state index contributed by atoms with van der Waals surface area (Å²) in [7, 11) is 0. The molecule has 1 aromatic rings. The smallest absolute Gasteiger partial charge is 0.0820 e. The molecule has 0 saturated heterocycles. The molecule has 100 valence electrons. The highest BCUT2D eigenvalue weighted by atomic mass is 16.3. The van der Waals surface area contributed by atoms with E-state index in [0.29, 0.717) is 11.8 Å². The van der Waals surface area contributed by atoms with Gasteiger partial charge >= 0.3 is 0 Å². The van der Waals surface area contributed by atoms with E-state index in [0.717, 1.165) is 5.56 Å². The van der Waals surface area contributed by atoms with Crippen molar-refractivity contribution in [3.63, 3.8) is 0 Å². The highest BCUT2D eigenvalue weighted by Crippen LogP contribution is 2.40. The second kappa shape index (κ2) is 5.88. The molecule has 1 N–H and O–H groups in total. The summed E-state index contributed by atoms with van der Waals surface area (Å²) in [5.74, 6) is 1.17. The Labute approximate surface area is 111 Å². The minimum Gasteiger partial charge on any atom is -0.388 e. The molecule has 3 unspecified atom stereocenters. The number of aliphatic hydroxyl groups excluding tert-OH is 1. The molecule has 0 radical (unpaired) electrons. The topological polar surface area (TPSA) is 20.2 Å². The Morgan fingerprint density at radius 1 is 1.17 bits per heavy atom. The van der Waals surface area contributed by atoms with E-state index in [1.807, 2.05) is 0 Å². The third-order valence-corrected chi connectivity index (χ3v) is 4.77. The van der Waals surface area contributed by atoms with Gasteiger partial charge in [0, 0.05) is 0 Å². The van der Waals surface area contributed by atoms with Crippen LogP contribution >= 0.6 is 0 Å². The molecule has 0 aromatic heterocycles. The van der Waals surface area contributed by atoms with Gasteiger partial charge in [-0.25, -0.2) is 0 Å². The van der Waals surface area contributed by atoms with Gasteiger partial charge in [-0.15, -0.1) is 0 Å². The van der Waals surface area contributed by atoms with E-state index in [1.165, 1.54) is 43.2 Å². The van der Waals surface area contributed by atoms with Gasteiger partial charge in [-0.1, -0.05) is 50.8 Å². The zero-order chi connectivity index (χ0) is 13.1. The highest BCUT2D eigenvalue weighted by Gasteiger charge is 2.30. The van der Waals surface area contributed by atoms with Crippen molar-refractivity contribution in [2.75, 3.05) is 0 Å². The fraction of sp³-hybridized carbons (Fsp3) is 0.647. The van der Waals surface area contributed by atoms with Gasteiger partial charge in [0.05, 0.1) is 6.10 Å². The van der Waals surface area contributed by atoms with Gasteiger partial charge in [0.25, 0.3) is 0 Å². The zero-order valence-electron chi connectivity index (χ0n) is 11.9. The molecule has 0 heterocycles. The standard InChI is InChI=1S/C17H26O/c1-4-14-7-5-6-8-16(14)17(18)15-10-9-12(2)13(3)11-15/h9-11,14,16-18H,4-8H2,1-3H3. The number of rotatable bonds is 3. The summed E-state index contributed by atoms with van der Waals surface area (Å²) in [6.45, 7) is 6.51. The van der Waals surface area contributed by atoms with Crippen LogP contribution in [-0.2, 0) is 0 Å². The Bertz CT molecular complexity index is 397. The fourth-order valence-electron chi connectivity index (χ4n) is 3.35. The van der Waals surface area contributed by atoms with Crippen LogP contribution in [0, 0.1) is 25.7 Å². The Kier molecular flexibility index (Phi) is 4.45. The summed E-state index contributed by atoms with van der Waals surface area (Å²) in [5, 5.41) is 10.7. The summed E-state index contributed by atoms with van der Waals surface area (Å²) >= 11 is 0. The monoisotopic (exact) mass is 246 g/mol. The Hall–Kier alpha value is -0.820. The van der Waals surface area contributed by atoms with Gasteiger partial charge in [-0.3, -0.25) is 0 Å². The van der Waals surface area contributed by atoms with Crippen LogP contribution in [0.3, 0.4) is 0 Å². The quantitative estimate of drug-likeness (QED) is 0.829. The van der Waals surface area contributed by atoms with E-state index < -0.39 is 0 Å². The minimum atomic E-state index is -0.269. The SMILES string of the molecule is CCC1CCCCC1C(O)c1ccc(C)c(C)c1. The predicted octanol–water partition coefficient (Wildman–Crippen LogP) is 4.55. The molecule has 1 aliphatic rings. The van der Waals surface area contributed by atoms with Gasteiger partial charge < -0.3 is 5.11 Å². The lowest BCUT2D eigenvalue weighted by Crippen LogP contribution is -2.25. The van der Waals surface area contributed by atoms with Gasteiger partial charge in [-0.2, -0.15) is 0 Å². The van der Waals surface area contributed by atoms with Crippen molar-refractivity contribution in [2.45, 2.75) is 59.0 Å². The number of hydrogen-bond donors (Lipinski definition) is 1. The van der Waals surface area contributed by atoms with Crippen molar-refractivity contribution in [1.29, 1.82) is 0 Å². The first-order valence-corrected chi connectivity index (χ1v) is 7.38. The number of aliphatic hydroxyl groups is 1. The lowest BCUT2D eigenvalue weighted by atomic mass is 9.73. The Balaban J connectivity index is 2.18. The Morgan fingerprint density at radius 2 is 1.89 bits per heavy atom. The molecule has 1 aliphatic carbocycles. The van der Waals surface area contributed by atoms with E-state index in [2.05, 4.69) is 39.0 Å². The second-order valence-corrected chi connectivity index (χ2v) is 5.91. The van der Waals surface area contributed by atoms with Crippen LogP contribution in [0.5, 0.6) is 0 Å². The molecule has 1 aromatic carbocycles. The molecule has 3 atom stereocenters. The number of hydrogen-bond acceptors (Lipinski definition) is 1. The van der Waals surface area contributed by atoms with E-state index >= 15 is 0 Å². The van der Waals surface area contributed by atoms with Crippen molar-refractivity contribution in [2.24, 2.45) is 11.8 Å². The first-order valence-electron chi connectivity index (χ1n) is 7.38. The molecule has 0 aliphatic heterocycles. The van der Waals surface area contributed by atoms with Gasteiger partial charge in [-0.05, 0) is 48.8 Å². The molecular formula is C17H26O. The summed E-state index contributed by atoms with van der Waals surface area (Å²) in [6.07, 6.45) is 6.04. The van der Waals surface area contributed by atoms with Crippen molar-refractivity contribution < 1.29 is 5.11 Å². The number of benzene rings is 1. The molecular weight excluding hydrogens is 220 g/mol. The molecule has 18 heavy (non-hydrogen) atoms. The maximum atomic E-state index is 10.7. The lowest BCUT2D eigenvalue weighted by Gasteiger charge is -2.34. The van der Waals surface area contributed by atoms with Gasteiger partial charge in [0.1, 0.15) is 0 Å². The van der Waals surface area contributed by atoms with Crippen LogP contribution in [0.4, 0.5) is 0 Å². The fourth-order valence-corrected chi connectivity index (χ4v) is 3.35. The summed E-state index contributed by atoms with van der Waals surface area (Å²) in [4.78, 5) is 0. The van der Waals surface area contributed by atoms with Crippen LogP contribution in [-0.4, -0.2) is 5.11 Å². The lowest BCUT2D eigenvalue weighted by molar-refractivity contribution is 0.0451. The normalized spacial score (nSPS) is 26.0. The van der Waals surface area contributed by atoms with Gasteiger partial charge in [0.15, 0.2) is 0 Å². The van der Waals surface area contributed by atoms with Crippen molar-refractivity contribution in [3.05, 3.63) is 34.9 Å². The molecule has 0 bridgehead atoms. The molecule has 1 heteroatoms. The van der Waals surface area contributed by atoms with Gasteiger partial charge in [0.2, 0.25) is 0 Å². The van der Waals surface area contributed by atoms with Crippen LogP contribution in [0.25, 0.3) is 0 Å². The average molecular weight is 246 g/mol. The van der Waals surface area contributed by atoms with Crippen molar-refractivity contribution in [3.8, 4) is 0 Å². The first-order chi connectivity index (χ1) is 8.63. The van der Waals surface area contributed by atoms with E-state index in [9.17, 15) is 5.11 Å². The Morgan fingerprint density at radius 3 is 2.56 bits per heavy atom.